The number of nitrogens with one attached hydrogen (secondary N) is 2. The second kappa shape index (κ2) is 9.00. The Morgan fingerprint density at radius 1 is 1.22 bits per heavy atom. The van der Waals surface area contributed by atoms with Gasteiger partial charge in [0.2, 0.25) is 11.7 Å². The molecule has 2 rings (SSSR count). The van der Waals surface area contributed by atoms with Crippen molar-refractivity contribution in [2.75, 3.05) is 6.54 Å². The SMILES string of the molecule is CCNC(=O)[C@H](C)NC(=O)c1ccc(Oc2ccc(Cl)cc2[N+](=O)[O-])cc1. The van der Waals surface area contributed by atoms with E-state index in [-0.39, 0.29) is 22.4 Å². The molecule has 0 bridgehead atoms. The van der Waals surface area contributed by atoms with Gasteiger partial charge in [0.15, 0.2) is 0 Å². The van der Waals surface area contributed by atoms with Crippen molar-refractivity contribution in [1.82, 2.24) is 10.6 Å². The number of carbonyl (C=O) groups excluding carboxylic acids is 2. The second-order valence-electron chi connectivity index (χ2n) is 5.59. The first kappa shape index (κ1) is 20.2. The van der Waals surface area contributed by atoms with Gasteiger partial charge in [0.1, 0.15) is 11.8 Å². The van der Waals surface area contributed by atoms with Crippen LogP contribution in [0.2, 0.25) is 5.02 Å². The summed E-state index contributed by atoms with van der Waals surface area (Å²) in [5.41, 5.74) is 0.0594. The van der Waals surface area contributed by atoms with Gasteiger partial charge >= 0.3 is 5.69 Å². The number of hydrogen-bond acceptors (Lipinski definition) is 5. The van der Waals surface area contributed by atoms with Crippen molar-refractivity contribution in [3.63, 3.8) is 0 Å². The Balaban J connectivity index is 2.08. The van der Waals surface area contributed by atoms with Crippen LogP contribution in [0.1, 0.15) is 24.2 Å². The quantitative estimate of drug-likeness (QED) is 0.555. The number of nitro groups is 1. The Morgan fingerprint density at radius 2 is 1.89 bits per heavy atom. The Hall–Kier alpha value is -3.13. The van der Waals surface area contributed by atoms with E-state index in [1.54, 1.807) is 13.8 Å². The fraction of sp³-hybridized carbons (Fsp3) is 0.222. The minimum atomic E-state index is -0.676. The first-order valence-electron chi connectivity index (χ1n) is 8.12. The highest BCUT2D eigenvalue weighted by molar-refractivity contribution is 6.30. The molecule has 9 heteroatoms. The maximum absolute atomic E-state index is 12.2. The van der Waals surface area contributed by atoms with E-state index in [0.29, 0.717) is 17.9 Å². The van der Waals surface area contributed by atoms with Crippen LogP contribution >= 0.6 is 11.6 Å². The van der Waals surface area contributed by atoms with Crippen LogP contribution in [0.4, 0.5) is 5.69 Å². The van der Waals surface area contributed by atoms with Gasteiger partial charge < -0.3 is 15.4 Å². The van der Waals surface area contributed by atoms with E-state index >= 15 is 0 Å². The Labute approximate surface area is 160 Å². The fourth-order valence-electron chi connectivity index (χ4n) is 2.19. The fourth-order valence-corrected chi connectivity index (χ4v) is 2.36. The molecule has 0 fully saturated rings. The number of nitro benzene ring substituents is 1. The van der Waals surface area contributed by atoms with Gasteiger partial charge in [-0.3, -0.25) is 19.7 Å². The molecular formula is C18H18ClN3O5. The molecule has 1 atom stereocenters. The number of hydrogen-bond donors (Lipinski definition) is 2. The van der Waals surface area contributed by atoms with E-state index in [1.165, 1.54) is 42.5 Å². The molecule has 0 aliphatic rings. The normalized spacial score (nSPS) is 11.4. The first-order chi connectivity index (χ1) is 12.8. The van der Waals surface area contributed by atoms with Gasteiger partial charge in [-0.1, -0.05) is 11.6 Å². The van der Waals surface area contributed by atoms with E-state index in [4.69, 9.17) is 16.3 Å². The van der Waals surface area contributed by atoms with Crippen molar-refractivity contribution >= 4 is 29.1 Å². The predicted octanol–water partition coefficient (Wildman–Crippen LogP) is 3.29. The molecule has 2 amide bonds. The molecule has 0 unspecified atom stereocenters. The van der Waals surface area contributed by atoms with Gasteiger partial charge in [-0.05, 0) is 50.2 Å². The number of nitrogens with zero attached hydrogens (tertiary/aromatic N) is 1. The molecule has 2 N–H and O–H groups in total. The molecule has 2 aromatic rings. The highest BCUT2D eigenvalue weighted by Gasteiger charge is 2.18. The van der Waals surface area contributed by atoms with E-state index in [0.717, 1.165) is 0 Å². The van der Waals surface area contributed by atoms with Gasteiger partial charge in [0, 0.05) is 23.2 Å². The Bertz CT molecular complexity index is 855. The summed E-state index contributed by atoms with van der Waals surface area (Å²) in [6.45, 7) is 3.85. The molecule has 0 aromatic heterocycles. The van der Waals surface area contributed by atoms with Crippen molar-refractivity contribution < 1.29 is 19.2 Å². The van der Waals surface area contributed by atoms with E-state index in [1.807, 2.05) is 0 Å². The smallest absolute Gasteiger partial charge is 0.313 e. The Morgan fingerprint density at radius 3 is 2.48 bits per heavy atom. The second-order valence-corrected chi connectivity index (χ2v) is 6.02. The lowest BCUT2D eigenvalue weighted by Gasteiger charge is -2.13. The van der Waals surface area contributed by atoms with Crippen LogP contribution in [0, 0.1) is 10.1 Å². The van der Waals surface area contributed by atoms with E-state index in [2.05, 4.69) is 10.6 Å². The molecule has 0 saturated heterocycles. The van der Waals surface area contributed by atoms with Crippen LogP contribution in [0.3, 0.4) is 0 Å². The van der Waals surface area contributed by atoms with Gasteiger partial charge in [-0.15, -0.1) is 0 Å². The van der Waals surface area contributed by atoms with Crippen molar-refractivity contribution in [3.8, 4) is 11.5 Å². The maximum atomic E-state index is 12.2. The molecule has 8 nitrogen and oxygen atoms in total. The number of benzene rings is 2. The zero-order valence-corrected chi connectivity index (χ0v) is 15.4. The Kier molecular flexibility index (Phi) is 6.73. The van der Waals surface area contributed by atoms with Crippen molar-refractivity contribution in [2.24, 2.45) is 0 Å². The van der Waals surface area contributed by atoms with E-state index in [9.17, 15) is 19.7 Å². The summed E-state index contributed by atoms with van der Waals surface area (Å²) in [4.78, 5) is 34.3. The van der Waals surface area contributed by atoms with Crippen LogP contribution in [-0.4, -0.2) is 29.3 Å². The van der Waals surface area contributed by atoms with Gasteiger partial charge in [-0.2, -0.15) is 0 Å². The molecule has 0 radical (unpaired) electrons. The molecule has 0 spiro atoms. The minimum Gasteiger partial charge on any atom is -0.450 e. The minimum absolute atomic E-state index is 0.0338. The molecule has 27 heavy (non-hydrogen) atoms. The van der Waals surface area contributed by atoms with Crippen molar-refractivity contribution in [1.29, 1.82) is 0 Å². The topological polar surface area (TPSA) is 111 Å². The molecule has 0 saturated carbocycles. The molecule has 0 aliphatic carbocycles. The van der Waals surface area contributed by atoms with Crippen LogP contribution in [0.5, 0.6) is 11.5 Å². The van der Waals surface area contributed by atoms with Crippen LogP contribution in [0.25, 0.3) is 0 Å². The predicted molar refractivity (Wildman–Crippen MR) is 100 cm³/mol. The summed E-state index contributed by atoms with van der Waals surface area (Å²) in [6, 6.07) is 9.40. The highest BCUT2D eigenvalue weighted by Crippen LogP contribution is 2.33. The number of amides is 2. The van der Waals surface area contributed by atoms with Crippen molar-refractivity contribution in [3.05, 3.63) is 63.2 Å². The zero-order chi connectivity index (χ0) is 20.0. The third-order valence-corrected chi connectivity index (χ3v) is 3.79. The first-order valence-corrected chi connectivity index (χ1v) is 8.50. The van der Waals surface area contributed by atoms with Gasteiger partial charge in [0.05, 0.1) is 4.92 Å². The maximum Gasteiger partial charge on any atom is 0.313 e. The van der Waals surface area contributed by atoms with Crippen molar-refractivity contribution in [2.45, 2.75) is 19.9 Å². The largest absolute Gasteiger partial charge is 0.450 e. The highest BCUT2D eigenvalue weighted by atomic mass is 35.5. The molecule has 142 valence electrons. The van der Waals surface area contributed by atoms with E-state index < -0.39 is 16.9 Å². The standard InChI is InChI=1S/C18H18ClN3O5/c1-3-20-17(23)11(2)21-18(24)12-4-7-14(8-5-12)27-16-9-6-13(19)10-15(16)22(25)26/h4-11H,3H2,1-2H3,(H,20,23)(H,21,24)/t11-/m0/s1. The average molecular weight is 392 g/mol. The molecule has 2 aromatic carbocycles. The molecule has 0 heterocycles. The number of halogens is 1. The lowest BCUT2D eigenvalue weighted by molar-refractivity contribution is -0.385. The van der Waals surface area contributed by atoms with Crippen LogP contribution in [0.15, 0.2) is 42.5 Å². The lowest BCUT2D eigenvalue weighted by atomic mass is 10.2. The summed E-state index contributed by atoms with van der Waals surface area (Å²) in [5.74, 6) is -0.348. The summed E-state index contributed by atoms with van der Waals surface area (Å²) in [5, 5.41) is 16.5. The zero-order valence-electron chi connectivity index (χ0n) is 14.7. The number of likely N-dealkylation sites (N-methyl/N-ethyl adjacent to an activating group) is 1. The number of ether oxygens (including phenoxy) is 1. The summed E-state index contributed by atoms with van der Waals surface area (Å²) in [7, 11) is 0. The number of rotatable bonds is 7. The van der Waals surface area contributed by atoms with Gasteiger partial charge in [0.25, 0.3) is 5.91 Å². The monoisotopic (exact) mass is 391 g/mol. The number of carbonyl (C=O) groups is 2. The molecular weight excluding hydrogens is 374 g/mol. The summed E-state index contributed by atoms with van der Waals surface area (Å²) < 4.78 is 5.52. The third-order valence-electron chi connectivity index (χ3n) is 3.55. The molecule has 0 aliphatic heterocycles. The lowest BCUT2D eigenvalue weighted by Crippen LogP contribution is -2.44. The van der Waals surface area contributed by atoms with Gasteiger partial charge in [-0.25, -0.2) is 0 Å². The summed E-state index contributed by atoms with van der Waals surface area (Å²) in [6.07, 6.45) is 0. The summed E-state index contributed by atoms with van der Waals surface area (Å²) >= 11 is 5.77. The van der Waals surface area contributed by atoms with Crippen LogP contribution < -0.4 is 15.4 Å². The third kappa shape index (κ3) is 5.42. The average Bonchev–Trinajstić information content (AvgIpc) is 2.63. The van der Waals surface area contributed by atoms with Crippen LogP contribution in [-0.2, 0) is 4.79 Å².